The van der Waals surface area contributed by atoms with Crippen molar-refractivity contribution in [1.29, 1.82) is 0 Å². The zero-order valence-corrected chi connectivity index (χ0v) is 16.2. The summed E-state index contributed by atoms with van der Waals surface area (Å²) in [6, 6.07) is 19.2. The maximum absolute atomic E-state index is 13.4. The Labute approximate surface area is 165 Å². The number of esters is 1. The Morgan fingerprint density at radius 2 is 1.79 bits per heavy atom. The maximum Gasteiger partial charge on any atom is 0.319 e. The summed E-state index contributed by atoms with van der Waals surface area (Å²) in [4.78, 5) is 28.0. The molecular weight excluding hydrogens is 354 g/mol. The largest absolute Gasteiger partial charge is 0.460 e. The van der Waals surface area contributed by atoms with E-state index in [2.05, 4.69) is 0 Å². The Morgan fingerprint density at radius 3 is 2.46 bits per heavy atom. The van der Waals surface area contributed by atoms with E-state index in [4.69, 9.17) is 9.47 Å². The number of hydrogen-bond acceptors (Lipinski definition) is 4. The number of rotatable bonds is 4. The van der Waals surface area contributed by atoms with Gasteiger partial charge in [0.25, 0.3) is 0 Å². The first-order valence-electron chi connectivity index (χ1n) is 9.74. The molecule has 2 saturated heterocycles. The number of nitrogens with zero attached hydrogens (tertiary/aromatic N) is 1. The van der Waals surface area contributed by atoms with Crippen LogP contribution < -0.4 is 0 Å². The van der Waals surface area contributed by atoms with Crippen molar-refractivity contribution < 1.29 is 19.1 Å². The van der Waals surface area contributed by atoms with Gasteiger partial charge in [-0.1, -0.05) is 67.6 Å². The fourth-order valence-corrected chi connectivity index (χ4v) is 4.39. The van der Waals surface area contributed by atoms with Crippen molar-refractivity contribution in [2.45, 2.75) is 38.6 Å². The third-order valence-electron chi connectivity index (χ3n) is 5.89. The molecule has 0 bridgehead atoms. The molecule has 0 N–H and O–H groups in total. The standard InChI is InChI=1S/C23H25NO4/c1-16-13-19-15-28-23(2,18-11-7-4-8-12-18)24(19)21(25)20(16)22(26)27-14-17-9-5-3-6-10-17/h3-12,16,19-20H,13-15H2,1-2H3/t16-,19+,20+,23+/m1/s1. The van der Waals surface area contributed by atoms with E-state index in [0.717, 1.165) is 17.5 Å². The number of carbonyl (C=O) groups excluding carboxylic acids is 2. The molecule has 2 fully saturated rings. The molecule has 28 heavy (non-hydrogen) atoms. The van der Waals surface area contributed by atoms with E-state index in [9.17, 15) is 9.59 Å². The number of piperidine rings is 1. The quantitative estimate of drug-likeness (QED) is 0.603. The van der Waals surface area contributed by atoms with Gasteiger partial charge in [0.2, 0.25) is 5.91 Å². The van der Waals surface area contributed by atoms with E-state index in [1.54, 1.807) is 4.90 Å². The highest BCUT2D eigenvalue weighted by Crippen LogP contribution is 2.44. The van der Waals surface area contributed by atoms with Crippen LogP contribution in [0, 0.1) is 11.8 Å². The SMILES string of the molecule is C[C@@H]1C[C@H]2CO[C@@](C)(c3ccccc3)N2C(=O)[C@H]1C(=O)OCc1ccccc1. The topological polar surface area (TPSA) is 55.8 Å². The van der Waals surface area contributed by atoms with E-state index < -0.39 is 17.6 Å². The normalized spacial score (nSPS) is 29.4. The first-order valence-corrected chi connectivity index (χ1v) is 9.74. The molecule has 2 aromatic rings. The minimum absolute atomic E-state index is 0.0223. The van der Waals surface area contributed by atoms with Crippen molar-refractivity contribution >= 4 is 11.9 Å². The van der Waals surface area contributed by atoms with E-state index >= 15 is 0 Å². The fourth-order valence-electron chi connectivity index (χ4n) is 4.39. The van der Waals surface area contributed by atoms with Crippen LogP contribution in [-0.4, -0.2) is 29.4 Å². The average molecular weight is 379 g/mol. The van der Waals surface area contributed by atoms with Gasteiger partial charge in [-0.05, 0) is 24.8 Å². The van der Waals surface area contributed by atoms with Crippen LogP contribution in [0.3, 0.4) is 0 Å². The molecule has 4 atom stereocenters. The number of amides is 1. The van der Waals surface area contributed by atoms with E-state index in [1.807, 2.05) is 74.5 Å². The van der Waals surface area contributed by atoms with Crippen LogP contribution in [0.1, 0.15) is 31.4 Å². The lowest BCUT2D eigenvalue weighted by molar-refractivity contribution is -0.172. The summed E-state index contributed by atoms with van der Waals surface area (Å²) < 4.78 is 11.6. The van der Waals surface area contributed by atoms with Gasteiger partial charge >= 0.3 is 5.97 Å². The van der Waals surface area contributed by atoms with E-state index in [1.165, 1.54) is 0 Å². The van der Waals surface area contributed by atoms with Gasteiger partial charge in [0.1, 0.15) is 12.5 Å². The molecule has 2 heterocycles. The number of carbonyl (C=O) groups is 2. The molecule has 2 aromatic carbocycles. The Balaban J connectivity index is 1.55. The van der Waals surface area contributed by atoms with Crippen LogP contribution in [0.15, 0.2) is 60.7 Å². The van der Waals surface area contributed by atoms with Crippen molar-refractivity contribution in [3.05, 3.63) is 71.8 Å². The van der Waals surface area contributed by atoms with E-state index in [-0.39, 0.29) is 24.5 Å². The summed E-state index contributed by atoms with van der Waals surface area (Å²) in [6.07, 6.45) is 0.721. The molecule has 146 valence electrons. The van der Waals surface area contributed by atoms with Crippen LogP contribution in [0.5, 0.6) is 0 Å². The molecule has 5 nitrogen and oxygen atoms in total. The lowest BCUT2D eigenvalue weighted by Crippen LogP contribution is -2.57. The molecule has 0 aliphatic carbocycles. The van der Waals surface area contributed by atoms with Gasteiger partial charge in [0.15, 0.2) is 5.72 Å². The first-order chi connectivity index (χ1) is 13.5. The Kier molecular flexibility index (Phi) is 4.94. The zero-order valence-electron chi connectivity index (χ0n) is 16.2. The molecule has 4 rings (SSSR count). The Hall–Kier alpha value is -2.66. The molecule has 0 aromatic heterocycles. The molecule has 1 amide bonds. The van der Waals surface area contributed by atoms with Crippen molar-refractivity contribution in [2.24, 2.45) is 11.8 Å². The summed E-state index contributed by atoms with van der Waals surface area (Å²) in [7, 11) is 0. The highest BCUT2D eigenvalue weighted by molar-refractivity contribution is 5.99. The molecule has 2 aliphatic rings. The van der Waals surface area contributed by atoms with Crippen molar-refractivity contribution in [1.82, 2.24) is 4.90 Å². The maximum atomic E-state index is 13.4. The monoisotopic (exact) mass is 379 g/mol. The molecular formula is C23H25NO4. The summed E-state index contributed by atoms with van der Waals surface area (Å²) in [5.74, 6) is -1.55. The molecule has 0 spiro atoms. The number of benzene rings is 2. The smallest absolute Gasteiger partial charge is 0.319 e. The second-order valence-corrected chi connectivity index (χ2v) is 7.81. The van der Waals surface area contributed by atoms with Crippen molar-refractivity contribution in [3.63, 3.8) is 0 Å². The van der Waals surface area contributed by atoms with Crippen LogP contribution in [0.25, 0.3) is 0 Å². The predicted octanol–water partition coefficient (Wildman–Crippen LogP) is 3.49. The van der Waals surface area contributed by atoms with Gasteiger partial charge < -0.3 is 14.4 Å². The van der Waals surface area contributed by atoms with Crippen LogP contribution in [0.4, 0.5) is 0 Å². The Bertz CT molecular complexity index is 853. The van der Waals surface area contributed by atoms with Gasteiger partial charge in [-0.15, -0.1) is 0 Å². The summed E-state index contributed by atoms with van der Waals surface area (Å²) in [5.41, 5.74) is 0.960. The highest BCUT2D eigenvalue weighted by Gasteiger charge is 2.55. The molecule has 0 saturated carbocycles. The van der Waals surface area contributed by atoms with E-state index in [0.29, 0.717) is 6.61 Å². The van der Waals surface area contributed by atoms with Crippen molar-refractivity contribution in [2.75, 3.05) is 6.61 Å². The minimum atomic E-state index is -0.860. The summed E-state index contributed by atoms with van der Waals surface area (Å²) in [5, 5.41) is 0. The second-order valence-electron chi connectivity index (χ2n) is 7.81. The number of hydrogen-bond donors (Lipinski definition) is 0. The zero-order chi connectivity index (χ0) is 19.7. The summed E-state index contributed by atoms with van der Waals surface area (Å²) >= 11 is 0. The lowest BCUT2D eigenvalue weighted by Gasteiger charge is -2.43. The third kappa shape index (κ3) is 3.20. The number of ether oxygens (including phenoxy) is 2. The third-order valence-corrected chi connectivity index (χ3v) is 5.89. The second kappa shape index (κ2) is 7.40. The lowest BCUT2D eigenvalue weighted by atomic mass is 9.81. The molecule has 2 aliphatic heterocycles. The Morgan fingerprint density at radius 1 is 1.14 bits per heavy atom. The summed E-state index contributed by atoms with van der Waals surface area (Å²) in [6.45, 7) is 4.50. The minimum Gasteiger partial charge on any atom is -0.460 e. The van der Waals surface area contributed by atoms with Gasteiger partial charge in [-0.3, -0.25) is 9.59 Å². The number of fused-ring (bicyclic) bond motifs is 1. The van der Waals surface area contributed by atoms with Crippen molar-refractivity contribution in [3.8, 4) is 0 Å². The van der Waals surface area contributed by atoms with Gasteiger partial charge in [-0.2, -0.15) is 0 Å². The van der Waals surface area contributed by atoms with Gasteiger partial charge in [-0.25, -0.2) is 0 Å². The van der Waals surface area contributed by atoms with Crippen LogP contribution in [-0.2, 0) is 31.4 Å². The molecule has 5 heteroatoms. The van der Waals surface area contributed by atoms with Gasteiger partial charge in [0.05, 0.1) is 12.6 Å². The van der Waals surface area contributed by atoms with Gasteiger partial charge in [0, 0.05) is 5.56 Å². The molecule has 0 unspecified atom stereocenters. The molecule has 0 radical (unpaired) electrons. The van der Waals surface area contributed by atoms with Crippen LogP contribution >= 0.6 is 0 Å². The average Bonchev–Trinajstić information content (AvgIpc) is 3.05. The van der Waals surface area contributed by atoms with Crippen LogP contribution in [0.2, 0.25) is 0 Å². The fraction of sp³-hybridized carbons (Fsp3) is 0.391. The predicted molar refractivity (Wildman–Crippen MR) is 104 cm³/mol. The highest BCUT2D eigenvalue weighted by atomic mass is 16.5. The first kappa shape index (κ1) is 18.7.